The number of nitrogen functional groups attached to an aromatic ring is 1. The predicted octanol–water partition coefficient (Wildman–Crippen LogP) is 2.36. The maximum absolute atomic E-state index is 13.4. The summed E-state index contributed by atoms with van der Waals surface area (Å²) in [6, 6.07) is 7.98. The number of hydrogen-bond acceptors (Lipinski definition) is 9. The van der Waals surface area contributed by atoms with Crippen LogP contribution in [0.5, 0.6) is 11.5 Å². The number of carbonyl (C=O) groups is 3. The first-order valence-electron chi connectivity index (χ1n) is 14.3. The van der Waals surface area contributed by atoms with E-state index in [1.54, 1.807) is 44.1 Å². The summed E-state index contributed by atoms with van der Waals surface area (Å²) in [5.41, 5.74) is 21.1. The zero-order valence-electron chi connectivity index (χ0n) is 24.7. The third-order valence-electron chi connectivity index (χ3n) is 7.42. The maximum atomic E-state index is 13.4. The van der Waals surface area contributed by atoms with Crippen LogP contribution in [0, 0.1) is 6.92 Å². The number of hydrogen-bond donors (Lipinski definition) is 4. The number of amides is 3. The number of ether oxygens (including phenoxy) is 2. The summed E-state index contributed by atoms with van der Waals surface area (Å²) in [4.78, 5) is 46.7. The first kappa shape index (κ1) is 29.2. The Bertz CT molecular complexity index is 2020. The molecule has 0 saturated heterocycles. The Labute approximate surface area is 256 Å². The van der Waals surface area contributed by atoms with E-state index in [4.69, 9.17) is 26.7 Å². The number of nitrogens with two attached hydrogens (primary N) is 3. The van der Waals surface area contributed by atoms with E-state index in [-0.39, 0.29) is 48.7 Å². The quantitative estimate of drug-likeness (QED) is 0.214. The van der Waals surface area contributed by atoms with Gasteiger partial charge in [-0.3, -0.25) is 24.4 Å². The van der Waals surface area contributed by atoms with Crippen molar-refractivity contribution < 1.29 is 23.9 Å². The highest BCUT2D eigenvalue weighted by molar-refractivity contribution is 6.04. The Morgan fingerprint density at radius 1 is 0.867 bits per heavy atom. The number of carbonyl (C=O) groups excluding carboxylic acids is 3. The summed E-state index contributed by atoms with van der Waals surface area (Å²) in [6.45, 7) is 5.25. The van der Waals surface area contributed by atoms with Crippen LogP contribution >= 0.6 is 0 Å². The molecule has 0 radical (unpaired) electrons. The highest BCUT2D eigenvalue weighted by atomic mass is 16.5. The molecule has 0 spiro atoms. The van der Waals surface area contributed by atoms with Crippen molar-refractivity contribution in [2.24, 2.45) is 11.5 Å². The minimum absolute atomic E-state index is 0.203. The molecule has 15 nitrogen and oxygen atoms in total. The summed E-state index contributed by atoms with van der Waals surface area (Å²) in [6.07, 6.45) is 4.20. The normalized spacial score (nSPS) is 14.3. The lowest BCUT2D eigenvalue weighted by Crippen LogP contribution is -2.20. The number of anilines is 2. The highest BCUT2D eigenvalue weighted by Gasteiger charge is 2.22. The van der Waals surface area contributed by atoms with Crippen LogP contribution in [-0.2, 0) is 19.6 Å². The number of aromatic nitrogens is 6. The van der Waals surface area contributed by atoms with Crippen molar-refractivity contribution in [3.63, 3.8) is 0 Å². The van der Waals surface area contributed by atoms with Crippen LogP contribution in [0.2, 0.25) is 0 Å². The molecule has 0 bridgehead atoms. The summed E-state index contributed by atoms with van der Waals surface area (Å²) in [5, 5.41) is 7.28. The van der Waals surface area contributed by atoms with Gasteiger partial charge in [0.1, 0.15) is 28.2 Å². The second-order valence-corrected chi connectivity index (χ2v) is 10.5. The molecule has 0 fully saturated rings. The lowest BCUT2D eigenvalue weighted by Gasteiger charge is -2.13. The number of nitrogens with zero attached hydrogens (tertiary/aromatic N) is 6. The van der Waals surface area contributed by atoms with Crippen LogP contribution < -0.4 is 32.0 Å². The van der Waals surface area contributed by atoms with Gasteiger partial charge in [0.15, 0.2) is 0 Å². The first-order chi connectivity index (χ1) is 21.6. The lowest BCUT2D eigenvalue weighted by molar-refractivity contribution is 0.0991. The second kappa shape index (κ2) is 11.7. The van der Waals surface area contributed by atoms with Gasteiger partial charge < -0.3 is 35.8 Å². The van der Waals surface area contributed by atoms with Crippen molar-refractivity contribution in [3.05, 3.63) is 65.0 Å². The molecule has 7 N–H and O–H groups in total. The Balaban J connectivity index is 1.43. The number of allylic oxidation sites excluding steroid dienone is 2. The molecule has 0 unspecified atom stereocenters. The minimum atomic E-state index is -0.648. The van der Waals surface area contributed by atoms with Gasteiger partial charge in [0.25, 0.3) is 5.91 Å². The molecule has 4 heterocycles. The average molecular weight is 613 g/mol. The lowest BCUT2D eigenvalue weighted by atomic mass is 10.1. The largest absolute Gasteiger partial charge is 0.491 e. The summed E-state index contributed by atoms with van der Waals surface area (Å²) in [5.74, 6) is -0.397. The zero-order chi connectivity index (χ0) is 31.8. The van der Waals surface area contributed by atoms with E-state index in [0.717, 1.165) is 0 Å². The molecule has 0 saturated carbocycles. The summed E-state index contributed by atoms with van der Waals surface area (Å²) >= 11 is 0. The third kappa shape index (κ3) is 5.50. The van der Waals surface area contributed by atoms with Gasteiger partial charge in [-0.25, -0.2) is 9.97 Å². The van der Waals surface area contributed by atoms with Crippen molar-refractivity contribution in [1.29, 1.82) is 0 Å². The van der Waals surface area contributed by atoms with Gasteiger partial charge in [-0.2, -0.15) is 5.10 Å². The van der Waals surface area contributed by atoms with E-state index in [9.17, 15) is 14.4 Å². The maximum Gasteiger partial charge on any atom is 0.276 e. The van der Waals surface area contributed by atoms with Gasteiger partial charge in [0.05, 0.1) is 29.9 Å². The molecular formula is C30H32N10O5. The van der Waals surface area contributed by atoms with Crippen LogP contribution in [0.25, 0.3) is 22.1 Å². The van der Waals surface area contributed by atoms with Crippen LogP contribution in [0.15, 0.2) is 42.5 Å². The van der Waals surface area contributed by atoms with Gasteiger partial charge in [-0.1, -0.05) is 12.2 Å². The van der Waals surface area contributed by atoms with Crippen molar-refractivity contribution in [2.75, 3.05) is 24.3 Å². The number of rotatable bonds is 5. The molecule has 5 aromatic rings. The molecule has 6 rings (SSSR count). The number of benzene rings is 2. The Kier molecular flexibility index (Phi) is 7.58. The predicted molar refractivity (Wildman–Crippen MR) is 166 cm³/mol. The van der Waals surface area contributed by atoms with Gasteiger partial charge >= 0.3 is 0 Å². The number of imidazole rings is 2. The number of aryl methyl sites for hydroxylation is 2. The van der Waals surface area contributed by atoms with Crippen molar-refractivity contribution in [3.8, 4) is 11.5 Å². The molecule has 0 atom stereocenters. The fourth-order valence-corrected chi connectivity index (χ4v) is 5.36. The van der Waals surface area contributed by atoms with Gasteiger partial charge in [0.2, 0.25) is 23.7 Å². The van der Waals surface area contributed by atoms with Gasteiger partial charge in [-0.15, -0.1) is 0 Å². The molecule has 15 heteroatoms. The molecule has 1 aliphatic heterocycles. The number of primary amides is 2. The molecule has 2 aromatic carbocycles. The summed E-state index contributed by atoms with van der Waals surface area (Å²) in [7, 11) is 0. The SMILES string of the molecule is CCn1nc(C)cc1C(=O)Nc1nc2cc(C(N)=O)cc3c2n1C/C=C/Cn1c(N)nc2cc(C(N)=O)cc(c21)OCCCO3. The molecule has 45 heavy (non-hydrogen) atoms. The fraction of sp³-hybridized carbons (Fsp3) is 0.267. The van der Waals surface area contributed by atoms with Crippen LogP contribution in [0.4, 0.5) is 11.9 Å². The smallest absolute Gasteiger partial charge is 0.276 e. The van der Waals surface area contributed by atoms with E-state index in [1.165, 1.54) is 0 Å². The zero-order valence-corrected chi connectivity index (χ0v) is 24.7. The van der Waals surface area contributed by atoms with Crippen molar-refractivity contribution >= 4 is 51.7 Å². The van der Waals surface area contributed by atoms with E-state index in [1.807, 2.05) is 26.0 Å². The van der Waals surface area contributed by atoms with Crippen molar-refractivity contribution in [1.82, 2.24) is 28.9 Å². The molecule has 3 aromatic heterocycles. The minimum Gasteiger partial charge on any atom is -0.491 e. The van der Waals surface area contributed by atoms with Crippen molar-refractivity contribution in [2.45, 2.75) is 39.9 Å². The molecule has 232 valence electrons. The first-order valence-corrected chi connectivity index (χ1v) is 14.3. The van der Waals surface area contributed by atoms with Gasteiger partial charge in [0, 0.05) is 37.2 Å². The summed E-state index contributed by atoms with van der Waals surface area (Å²) < 4.78 is 17.4. The van der Waals surface area contributed by atoms with E-state index in [2.05, 4.69) is 20.4 Å². The van der Waals surface area contributed by atoms with E-state index in [0.29, 0.717) is 64.5 Å². The standard InChI is InChI=1S/C30H32N10O5/c1-3-40-21(11-16(2)37-40)28(43)36-30-35-20-13-18(27(32)42)15-23-25(20)39(30)8-5-4-7-38-24-19(34-29(38)33)12-17(26(31)41)14-22(24)44-9-6-10-45-23/h4-5,11-15H,3,6-10H2,1-2H3,(H2,31,41)(H2,32,42)(H2,33,34)(H,35,36,43)/b5-4+. The average Bonchev–Trinajstić information content (AvgIpc) is 3.66. The van der Waals surface area contributed by atoms with E-state index >= 15 is 0 Å². The number of nitrogens with one attached hydrogen (secondary N) is 1. The fourth-order valence-electron chi connectivity index (χ4n) is 5.36. The van der Waals surface area contributed by atoms with Crippen LogP contribution in [-0.4, -0.2) is 59.8 Å². The highest BCUT2D eigenvalue weighted by Crippen LogP contribution is 2.33. The Hall–Kier alpha value is -5.86. The van der Waals surface area contributed by atoms with Crippen LogP contribution in [0.1, 0.15) is 50.2 Å². The third-order valence-corrected chi connectivity index (χ3v) is 7.42. The molecule has 3 amide bonds. The topological polar surface area (TPSA) is 213 Å². The molecular weight excluding hydrogens is 580 g/mol. The Morgan fingerprint density at radius 3 is 2.04 bits per heavy atom. The van der Waals surface area contributed by atoms with Crippen LogP contribution in [0.3, 0.4) is 0 Å². The van der Waals surface area contributed by atoms with E-state index < -0.39 is 11.8 Å². The molecule has 1 aliphatic rings. The molecule has 0 aliphatic carbocycles. The second-order valence-electron chi connectivity index (χ2n) is 10.5. The van der Waals surface area contributed by atoms with Gasteiger partial charge in [-0.05, 0) is 44.2 Å². The monoisotopic (exact) mass is 612 g/mol. The Morgan fingerprint density at radius 2 is 1.44 bits per heavy atom.